The number of aromatic amines is 1. The molecule has 0 bridgehead atoms. The van der Waals surface area contributed by atoms with Crippen molar-refractivity contribution in [3.05, 3.63) is 35.7 Å². The van der Waals surface area contributed by atoms with Gasteiger partial charge in [0.2, 0.25) is 5.91 Å². The van der Waals surface area contributed by atoms with E-state index in [0.717, 1.165) is 17.7 Å². The molecule has 1 amide bonds. The van der Waals surface area contributed by atoms with Gasteiger partial charge >= 0.3 is 0 Å². The summed E-state index contributed by atoms with van der Waals surface area (Å²) in [5, 5.41) is 6.87. The van der Waals surface area contributed by atoms with Crippen LogP contribution in [0.5, 0.6) is 5.75 Å². The number of allylic oxidation sites excluding steroid dienone is 2. The van der Waals surface area contributed by atoms with Crippen LogP contribution in [0.4, 0.5) is 0 Å². The van der Waals surface area contributed by atoms with Crippen molar-refractivity contribution in [3.63, 3.8) is 0 Å². The summed E-state index contributed by atoms with van der Waals surface area (Å²) in [6, 6.07) is -0.199. The molecule has 0 saturated carbocycles. The lowest BCUT2D eigenvalue weighted by Gasteiger charge is -2.41. The fourth-order valence-corrected chi connectivity index (χ4v) is 3.20. The number of amides is 1. The predicted octanol–water partition coefficient (Wildman–Crippen LogP) is 3.04. The monoisotopic (exact) mass is 323 g/mol. The van der Waals surface area contributed by atoms with Gasteiger partial charge in [0.25, 0.3) is 0 Å². The summed E-state index contributed by atoms with van der Waals surface area (Å²) in [6.45, 7) is 5.93. The van der Waals surface area contributed by atoms with Crippen molar-refractivity contribution in [2.24, 2.45) is 0 Å². The molecule has 0 spiro atoms. The summed E-state index contributed by atoms with van der Waals surface area (Å²) in [5.74, 6) is 0.596. The number of hydrogen-bond donors (Lipinski definition) is 1. The zero-order chi connectivity index (χ0) is 16.3. The van der Waals surface area contributed by atoms with Crippen LogP contribution in [0.3, 0.4) is 0 Å². The molecule has 0 saturated heterocycles. The highest BCUT2D eigenvalue weighted by Gasteiger charge is 2.39. The van der Waals surface area contributed by atoms with Crippen LogP contribution < -0.4 is 4.74 Å². The van der Waals surface area contributed by atoms with Gasteiger partial charge in [0.05, 0.1) is 36.5 Å². The van der Waals surface area contributed by atoms with Gasteiger partial charge in [-0.05, 0) is 18.9 Å². The van der Waals surface area contributed by atoms with Crippen LogP contribution in [0.15, 0.2) is 30.0 Å². The molecule has 2 unspecified atom stereocenters. The maximum Gasteiger partial charge on any atom is 0.220 e. The first-order valence-electron chi connectivity index (χ1n) is 7.31. The molecule has 1 aromatic rings. The summed E-state index contributed by atoms with van der Waals surface area (Å²) in [6.07, 6.45) is 8.36. The number of carbonyl (C=O) groups is 1. The summed E-state index contributed by atoms with van der Waals surface area (Å²) < 4.78 is 5.27. The van der Waals surface area contributed by atoms with Crippen molar-refractivity contribution < 1.29 is 9.53 Å². The molecule has 2 rings (SSSR count). The highest BCUT2D eigenvalue weighted by Crippen LogP contribution is 2.36. The summed E-state index contributed by atoms with van der Waals surface area (Å²) in [5.41, 5.74) is 1.89. The number of methoxy groups -OCH3 is 1. The SMILES string of the molecule is CCC1=CC=CC(C)(Cl)C1N(Cc1[nH]ncc1OC)C(C)=O. The number of alkyl halides is 1. The van der Waals surface area contributed by atoms with Crippen molar-refractivity contribution in [1.82, 2.24) is 15.1 Å². The molecule has 120 valence electrons. The van der Waals surface area contributed by atoms with Crippen LogP contribution in [0.25, 0.3) is 0 Å². The molecule has 0 aromatic carbocycles. The quantitative estimate of drug-likeness (QED) is 0.847. The third-order valence-electron chi connectivity index (χ3n) is 3.97. The van der Waals surface area contributed by atoms with Gasteiger partial charge < -0.3 is 9.64 Å². The molecule has 0 fully saturated rings. The number of carbonyl (C=O) groups excluding carboxylic acids is 1. The standard InChI is InChI=1S/C16H22ClN3O2/c1-5-12-7-6-8-16(3,17)15(12)20(11(2)21)10-13-14(22-4)9-18-19-13/h6-9,15H,5,10H2,1-4H3,(H,18,19). The van der Waals surface area contributed by atoms with Gasteiger partial charge in [0, 0.05) is 6.92 Å². The summed E-state index contributed by atoms with van der Waals surface area (Å²) in [7, 11) is 1.58. The Balaban J connectivity index is 2.36. The van der Waals surface area contributed by atoms with E-state index in [0.29, 0.717) is 12.3 Å². The van der Waals surface area contributed by atoms with Gasteiger partial charge in [-0.2, -0.15) is 5.10 Å². The van der Waals surface area contributed by atoms with Crippen molar-refractivity contribution in [1.29, 1.82) is 0 Å². The van der Waals surface area contributed by atoms with Crippen molar-refractivity contribution in [2.45, 2.75) is 44.7 Å². The Hall–Kier alpha value is -1.75. The van der Waals surface area contributed by atoms with Crippen LogP contribution in [-0.2, 0) is 11.3 Å². The Morgan fingerprint density at radius 3 is 2.91 bits per heavy atom. The van der Waals surface area contributed by atoms with E-state index in [2.05, 4.69) is 17.1 Å². The number of halogens is 1. The second-order valence-electron chi connectivity index (χ2n) is 5.57. The van der Waals surface area contributed by atoms with Gasteiger partial charge in [-0.1, -0.05) is 25.2 Å². The molecule has 1 aromatic heterocycles. The topological polar surface area (TPSA) is 58.2 Å². The van der Waals surface area contributed by atoms with Gasteiger partial charge in [-0.15, -0.1) is 11.6 Å². The Bertz CT molecular complexity index is 604. The first kappa shape index (κ1) is 16.6. The van der Waals surface area contributed by atoms with E-state index in [1.807, 2.05) is 25.2 Å². The Morgan fingerprint density at radius 2 is 2.32 bits per heavy atom. The van der Waals surface area contributed by atoms with Gasteiger partial charge in [-0.25, -0.2) is 0 Å². The van der Waals surface area contributed by atoms with E-state index in [9.17, 15) is 4.79 Å². The van der Waals surface area contributed by atoms with E-state index in [4.69, 9.17) is 16.3 Å². The third-order valence-corrected chi connectivity index (χ3v) is 4.30. The van der Waals surface area contributed by atoms with Crippen LogP contribution in [-0.4, -0.2) is 39.0 Å². The molecule has 2 atom stereocenters. The van der Waals surface area contributed by atoms with Gasteiger partial charge in [0.1, 0.15) is 0 Å². The second-order valence-corrected chi connectivity index (χ2v) is 6.39. The number of nitrogens with one attached hydrogen (secondary N) is 1. The fourth-order valence-electron chi connectivity index (χ4n) is 2.87. The summed E-state index contributed by atoms with van der Waals surface area (Å²) >= 11 is 6.69. The molecular formula is C16H22ClN3O2. The molecule has 6 heteroatoms. The molecular weight excluding hydrogens is 302 g/mol. The lowest BCUT2D eigenvalue weighted by Crippen LogP contribution is -2.50. The zero-order valence-electron chi connectivity index (χ0n) is 13.4. The fraction of sp³-hybridized carbons (Fsp3) is 0.500. The molecule has 22 heavy (non-hydrogen) atoms. The number of hydrogen-bond acceptors (Lipinski definition) is 3. The number of H-pyrrole nitrogens is 1. The van der Waals surface area contributed by atoms with Crippen LogP contribution in [0.1, 0.15) is 32.9 Å². The van der Waals surface area contributed by atoms with Gasteiger partial charge in [-0.3, -0.25) is 9.89 Å². The number of ether oxygens (including phenoxy) is 1. The van der Waals surface area contributed by atoms with E-state index < -0.39 is 4.87 Å². The largest absolute Gasteiger partial charge is 0.493 e. The van der Waals surface area contributed by atoms with Crippen LogP contribution in [0.2, 0.25) is 0 Å². The maximum absolute atomic E-state index is 12.3. The highest BCUT2D eigenvalue weighted by molar-refractivity contribution is 6.26. The van der Waals surface area contributed by atoms with Crippen LogP contribution in [0, 0.1) is 0 Å². The van der Waals surface area contributed by atoms with Crippen molar-refractivity contribution in [2.75, 3.05) is 7.11 Å². The molecule has 1 heterocycles. The maximum atomic E-state index is 12.3. The molecule has 1 aliphatic carbocycles. The first-order chi connectivity index (χ1) is 10.4. The second kappa shape index (κ2) is 6.57. The Kier molecular flexibility index (Phi) is 4.96. The van der Waals surface area contributed by atoms with Gasteiger partial charge in [0.15, 0.2) is 5.75 Å². The molecule has 0 radical (unpaired) electrons. The van der Waals surface area contributed by atoms with Crippen molar-refractivity contribution in [3.8, 4) is 5.75 Å². The average Bonchev–Trinajstić information content (AvgIpc) is 2.91. The summed E-state index contributed by atoms with van der Waals surface area (Å²) in [4.78, 5) is 13.4. The Labute approximate surface area is 136 Å². The predicted molar refractivity (Wildman–Crippen MR) is 86.9 cm³/mol. The lowest BCUT2D eigenvalue weighted by atomic mass is 9.86. The van der Waals surface area contributed by atoms with E-state index in [1.165, 1.54) is 0 Å². The minimum atomic E-state index is -0.640. The highest BCUT2D eigenvalue weighted by atomic mass is 35.5. The lowest BCUT2D eigenvalue weighted by molar-refractivity contribution is -0.131. The number of rotatable bonds is 5. The van der Waals surface area contributed by atoms with Crippen molar-refractivity contribution >= 4 is 17.5 Å². The molecule has 0 aliphatic heterocycles. The molecule has 1 aliphatic rings. The first-order valence-corrected chi connectivity index (χ1v) is 7.69. The third kappa shape index (κ3) is 3.19. The minimum Gasteiger partial charge on any atom is -0.493 e. The molecule has 1 N–H and O–H groups in total. The van der Waals surface area contributed by atoms with Crippen LogP contribution >= 0.6 is 11.6 Å². The van der Waals surface area contributed by atoms with E-state index in [1.54, 1.807) is 25.1 Å². The zero-order valence-corrected chi connectivity index (χ0v) is 14.1. The average molecular weight is 324 g/mol. The minimum absolute atomic E-state index is 0.0387. The smallest absolute Gasteiger partial charge is 0.220 e. The van der Waals surface area contributed by atoms with E-state index in [-0.39, 0.29) is 11.9 Å². The normalized spacial score (nSPS) is 24.0. The van der Waals surface area contributed by atoms with E-state index >= 15 is 0 Å². The molecule has 5 nitrogen and oxygen atoms in total. The Morgan fingerprint density at radius 1 is 1.59 bits per heavy atom. The number of nitrogens with zero attached hydrogens (tertiary/aromatic N) is 2. The number of aromatic nitrogens is 2.